The number of nitrogens with zero attached hydrogens (tertiary/aromatic N) is 3. The highest BCUT2D eigenvalue weighted by molar-refractivity contribution is 7.89. The molecule has 1 heterocycles. The van der Waals surface area contributed by atoms with Gasteiger partial charge in [0.05, 0.1) is 16.3 Å². The molecule has 0 saturated heterocycles. The van der Waals surface area contributed by atoms with Gasteiger partial charge >= 0.3 is 0 Å². The maximum absolute atomic E-state index is 12.7. The maximum atomic E-state index is 12.7. The monoisotopic (exact) mass is 436 g/mol. The van der Waals surface area contributed by atoms with Crippen LogP contribution < -0.4 is 5.43 Å². The number of nitrogens with one attached hydrogen (secondary N) is 1. The predicted octanol–water partition coefficient (Wildman–Crippen LogP) is 3.36. The van der Waals surface area contributed by atoms with Crippen molar-refractivity contribution < 1.29 is 13.2 Å². The van der Waals surface area contributed by atoms with Crippen LogP contribution in [0.1, 0.15) is 34.1 Å². The average molecular weight is 437 g/mol. The van der Waals surface area contributed by atoms with E-state index in [4.69, 9.17) is 0 Å². The van der Waals surface area contributed by atoms with E-state index in [-0.39, 0.29) is 17.3 Å². The molecule has 3 aromatic rings. The molecule has 0 fully saturated rings. The Morgan fingerprint density at radius 1 is 1.03 bits per heavy atom. The number of rotatable bonds is 7. The lowest BCUT2D eigenvalue weighted by atomic mass is 10.1. The highest BCUT2D eigenvalue weighted by Gasteiger charge is 2.20. The van der Waals surface area contributed by atoms with Gasteiger partial charge in [-0.05, 0) is 55.8 Å². The van der Waals surface area contributed by atoms with Gasteiger partial charge in [-0.3, -0.25) is 9.78 Å². The Morgan fingerprint density at radius 3 is 2.32 bits per heavy atom. The van der Waals surface area contributed by atoms with Crippen molar-refractivity contribution in [2.75, 3.05) is 7.05 Å². The quantitative estimate of drug-likeness (QED) is 0.454. The van der Waals surface area contributed by atoms with Crippen LogP contribution in [0, 0.1) is 6.92 Å². The third-order valence-corrected chi connectivity index (χ3v) is 6.53. The van der Waals surface area contributed by atoms with Crippen LogP contribution in [-0.4, -0.2) is 36.4 Å². The predicted molar refractivity (Wildman–Crippen MR) is 120 cm³/mol. The topological polar surface area (TPSA) is 91.7 Å². The standard InChI is InChI=1S/C23H24N4O3S/c1-17-7-13-21(14-8-17)31(29,30)27(3)16-19-9-11-20(12-10-19)23(28)26-25-18(2)22-6-4-5-15-24-22/h4-15H,16H2,1-3H3,(H,26,28). The van der Waals surface area contributed by atoms with E-state index in [0.717, 1.165) is 11.1 Å². The Hall–Kier alpha value is -3.36. The molecule has 31 heavy (non-hydrogen) atoms. The molecular weight excluding hydrogens is 412 g/mol. The Morgan fingerprint density at radius 2 is 1.71 bits per heavy atom. The summed E-state index contributed by atoms with van der Waals surface area (Å²) in [5, 5.41) is 4.08. The number of carbonyl (C=O) groups excluding carboxylic acids is 1. The molecule has 0 aliphatic carbocycles. The molecule has 0 atom stereocenters. The second-order valence-electron chi connectivity index (χ2n) is 7.12. The molecular formula is C23H24N4O3S. The molecule has 0 aliphatic rings. The van der Waals surface area contributed by atoms with Crippen LogP contribution >= 0.6 is 0 Å². The van der Waals surface area contributed by atoms with Gasteiger partial charge in [0.15, 0.2) is 0 Å². The molecule has 0 spiro atoms. The lowest BCUT2D eigenvalue weighted by Crippen LogP contribution is -2.26. The molecule has 0 unspecified atom stereocenters. The van der Waals surface area contributed by atoms with Gasteiger partial charge in [-0.2, -0.15) is 9.41 Å². The van der Waals surface area contributed by atoms with Crippen LogP contribution in [0.15, 0.2) is 82.9 Å². The summed E-state index contributed by atoms with van der Waals surface area (Å²) in [5.74, 6) is -0.359. The number of carbonyl (C=O) groups is 1. The number of amides is 1. The largest absolute Gasteiger partial charge is 0.271 e. The number of sulfonamides is 1. The average Bonchev–Trinajstić information content (AvgIpc) is 2.78. The Kier molecular flexibility index (Phi) is 6.94. The SMILES string of the molecule is CC(=NNC(=O)c1ccc(CN(C)S(=O)(=O)c2ccc(C)cc2)cc1)c1ccccn1. The molecule has 8 heteroatoms. The van der Waals surface area contributed by atoms with Crippen molar-refractivity contribution >= 4 is 21.6 Å². The van der Waals surface area contributed by atoms with Gasteiger partial charge in [-0.15, -0.1) is 0 Å². The Balaban J connectivity index is 1.64. The molecule has 0 saturated carbocycles. The number of aryl methyl sites for hydroxylation is 1. The van der Waals surface area contributed by atoms with Crippen molar-refractivity contribution in [2.24, 2.45) is 5.10 Å². The van der Waals surface area contributed by atoms with Gasteiger partial charge in [0.2, 0.25) is 10.0 Å². The van der Waals surface area contributed by atoms with Gasteiger partial charge in [0.25, 0.3) is 5.91 Å². The van der Waals surface area contributed by atoms with Crippen molar-refractivity contribution in [1.82, 2.24) is 14.7 Å². The Labute approximate surface area is 182 Å². The van der Waals surface area contributed by atoms with E-state index in [1.54, 1.807) is 73.8 Å². The third kappa shape index (κ3) is 5.62. The lowest BCUT2D eigenvalue weighted by molar-refractivity contribution is 0.0955. The number of benzene rings is 2. The first-order valence-corrected chi connectivity index (χ1v) is 11.1. The van der Waals surface area contributed by atoms with Crippen LogP contribution in [0.3, 0.4) is 0 Å². The van der Waals surface area contributed by atoms with Crippen molar-refractivity contribution in [1.29, 1.82) is 0 Å². The summed E-state index contributed by atoms with van der Waals surface area (Å²) in [6.45, 7) is 3.86. The number of aromatic nitrogens is 1. The smallest absolute Gasteiger partial charge is 0.267 e. The molecule has 0 aliphatic heterocycles. The molecule has 3 rings (SSSR count). The van der Waals surface area contributed by atoms with E-state index in [2.05, 4.69) is 15.5 Å². The highest BCUT2D eigenvalue weighted by atomic mass is 32.2. The zero-order valence-corrected chi connectivity index (χ0v) is 18.4. The maximum Gasteiger partial charge on any atom is 0.271 e. The van der Waals surface area contributed by atoms with E-state index in [9.17, 15) is 13.2 Å². The van der Waals surface area contributed by atoms with Gasteiger partial charge in [0.1, 0.15) is 0 Å². The summed E-state index contributed by atoms with van der Waals surface area (Å²) in [5.41, 5.74) is 5.96. The van der Waals surface area contributed by atoms with Crippen LogP contribution in [0.2, 0.25) is 0 Å². The van der Waals surface area contributed by atoms with Crippen LogP contribution in [0.25, 0.3) is 0 Å². The summed E-state index contributed by atoms with van der Waals surface area (Å²) >= 11 is 0. The van der Waals surface area contributed by atoms with Gasteiger partial charge in [-0.1, -0.05) is 35.9 Å². The van der Waals surface area contributed by atoms with Crippen LogP contribution in [0.4, 0.5) is 0 Å². The molecule has 160 valence electrons. The summed E-state index contributed by atoms with van der Waals surface area (Å²) in [6.07, 6.45) is 1.66. The Bertz CT molecular complexity index is 1170. The number of pyridine rings is 1. The van der Waals surface area contributed by atoms with E-state index in [1.165, 1.54) is 11.4 Å². The molecule has 0 radical (unpaired) electrons. The van der Waals surface area contributed by atoms with Crippen LogP contribution in [0.5, 0.6) is 0 Å². The second kappa shape index (κ2) is 9.63. The molecule has 0 bridgehead atoms. The minimum absolute atomic E-state index is 0.190. The van der Waals surface area contributed by atoms with Crippen molar-refractivity contribution in [2.45, 2.75) is 25.3 Å². The fraction of sp³-hybridized carbons (Fsp3) is 0.174. The third-order valence-electron chi connectivity index (χ3n) is 4.71. The van der Waals surface area contributed by atoms with Gasteiger partial charge in [0, 0.05) is 25.4 Å². The summed E-state index contributed by atoms with van der Waals surface area (Å²) in [6, 6.07) is 18.9. The summed E-state index contributed by atoms with van der Waals surface area (Å²) in [4.78, 5) is 16.8. The normalized spacial score (nSPS) is 12.1. The van der Waals surface area contributed by atoms with Gasteiger partial charge in [-0.25, -0.2) is 13.8 Å². The van der Waals surface area contributed by atoms with Crippen molar-refractivity contribution in [3.63, 3.8) is 0 Å². The molecule has 2 aromatic carbocycles. The van der Waals surface area contributed by atoms with Crippen molar-refractivity contribution in [3.05, 3.63) is 95.3 Å². The number of hydrogen-bond acceptors (Lipinski definition) is 5. The first kappa shape index (κ1) is 22.3. The minimum Gasteiger partial charge on any atom is -0.267 e. The lowest BCUT2D eigenvalue weighted by Gasteiger charge is -2.17. The van der Waals surface area contributed by atoms with Gasteiger partial charge < -0.3 is 0 Å². The summed E-state index contributed by atoms with van der Waals surface area (Å²) in [7, 11) is -2.06. The fourth-order valence-corrected chi connectivity index (χ4v) is 3.99. The summed E-state index contributed by atoms with van der Waals surface area (Å²) < 4.78 is 26.7. The molecule has 1 N–H and O–H groups in total. The minimum atomic E-state index is -3.59. The van der Waals surface area contributed by atoms with E-state index >= 15 is 0 Å². The zero-order valence-electron chi connectivity index (χ0n) is 17.6. The van der Waals surface area contributed by atoms with E-state index in [1.807, 2.05) is 13.0 Å². The van der Waals surface area contributed by atoms with E-state index in [0.29, 0.717) is 17.0 Å². The first-order chi connectivity index (χ1) is 14.8. The zero-order chi connectivity index (χ0) is 22.4. The number of hydrazone groups is 1. The molecule has 7 nitrogen and oxygen atoms in total. The first-order valence-electron chi connectivity index (χ1n) is 9.65. The van der Waals surface area contributed by atoms with E-state index < -0.39 is 10.0 Å². The number of hydrogen-bond donors (Lipinski definition) is 1. The van der Waals surface area contributed by atoms with Crippen LogP contribution in [-0.2, 0) is 16.6 Å². The molecule has 1 amide bonds. The fourth-order valence-electron chi connectivity index (χ4n) is 2.83. The van der Waals surface area contributed by atoms with Crippen molar-refractivity contribution in [3.8, 4) is 0 Å². The highest BCUT2D eigenvalue weighted by Crippen LogP contribution is 2.17. The molecule has 1 aromatic heterocycles. The second-order valence-corrected chi connectivity index (χ2v) is 9.17.